The van der Waals surface area contributed by atoms with E-state index in [0.717, 1.165) is 54.5 Å². The minimum atomic E-state index is -0.192. The van der Waals surface area contributed by atoms with Gasteiger partial charge in [-0.1, -0.05) is 12.1 Å². The summed E-state index contributed by atoms with van der Waals surface area (Å²) in [6.45, 7) is 9.47. The van der Waals surface area contributed by atoms with E-state index in [1.54, 1.807) is 13.1 Å². The van der Waals surface area contributed by atoms with Gasteiger partial charge in [-0.3, -0.25) is 4.99 Å². The number of nitrogens with one attached hydrogen (secondary N) is 2. The number of hydrogen-bond acceptors (Lipinski definition) is 3. The Morgan fingerprint density at radius 1 is 1.14 bits per heavy atom. The van der Waals surface area contributed by atoms with Crippen LogP contribution in [0.5, 0.6) is 0 Å². The molecule has 0 bridgehead atoms. The summed E-state index contributed by atoms with van der Waals surface area (Å²) in [6, 6.07) is 9.05. The van der Waals surface area contributed by atoms with Crippen molar-refractivity contribution in [3.63, 3.8) is 0 Å². The molecular weight excluding hydrogens is 468 g/mol. The summed E-state index contributed by atoms with van der Waals surface area (Å²) < 4.78 is 13.2. The maximum atomic E-state index is 13.2. The number of hydrogen-bond donors (Lipinski definition) is 2. The quantitative estimate of drug-likeness (QED) is 0.329. The lowest BCUT2D eigenvalue weighted by atomic mass is 10.1. The van der Waals surface area contributed by atoms with Gasteiger partial charge in [0.2, 0.25) is 0 Å². The molecule has 0 atom stereocenters. The van der Waals surface area contributed by atoms with Crippen LogP contribution in [0, 0.1) is 12.7 Å². The Kier molecular flexibility index (Phi) is 10.8. The lowest BCUT2D eigenvalue weighted by molar-refractivity contribution is 0.625. The van der Waals surface area contributed by atoms with E-state index in [1.807, 2.05) is 19.2 Å². The molecule has 1 heterocycles. The van der Waals surface area contributed by atoms with Crippen molar-refractivity contribution in [2.24, 2.45) is 4.99 Å². The highest BCUT2D eigenvalue weighted by molar-refractivity contribution is 14.0. The van der Waals surface area contributed by atoms with Gasteiger partial charge in [0.25, 0.3) is 0 Å². The molecule has 5 nitrogen and oxygen atoms in total. The molecular formula is C21H31FIN5. The van der Waals surface area contributed by atoms with E-state index in [2.05, 4.69) is 51.5 Å². The molecule has 0 aliphatic carbocycles. The zero-order chi connectivity index (χ0) is 19.6. The number of guanidine groups is 1. The molecule has 7 heteroatoms. The Bertz CT molecular complexity index is 745. The highest BCUT2D eigenvalue weighted by atomic mass is 127. The number of aromatic nitrogens is 1. The first-order chi connectivity index (χ1) is 13.1. The molecule has 1 aromatic heterocycles. The van der Waals surface area contributed by atoms with E-state index in [0.29, 0.717) is 6.54 Å². The monoisotopic (exact) mass is 499 g/mol. The molecule has 2 aromatic rings. The van der Waals surface area contributed by atoms with Crippen molar-refractivity contribution in [3.8, 4) is 0 Å². The van der Waals surface area contributed by atoms with E-state index in [4.69, 9.17) is 0 Å². The first-order valence-electron chi connectivity index (χ1n) is 9.46. The zero-order valence-electron chi connectivity index (χ0n) is 17.1. The van der Waals surface area contributed by atoms with Crippen LogP contribution in [0.15, 0.2) is 41.5 Å². The van der Waals surface area contributed by atoms with Crippen molar-refractivity contribution in [1.82, 2.24) is 15.6 Å². The molecule has 2 rings (SSSR count). The largest absolute Gasteiger partial charge is 0.357 e. The molecule has 0 aliphatic heterocycles. The van der Waals surface area contributed by atoms with Crippen LogP contribution >= 0.6 is 24.0 Å². The molecule has 0 saturated heterocycles. The minimum absolute atomic E-state index is 0. The third kappa shape index (κ3) is 7.26. The molecule has 0 saturated carbocycles. The van der Waals surface area contributed by atoms with Crippen molar-refractivity contribution >= 4 is 35.8 Å². The van der Waals surface area contributed by atoms with E-state index in [9.17, 15) is 4.39 Å². The van der Waals surface area contributed by atoms with Crippen LogP contribution < -0.4 is 15.5 Å². The molecule has 2 N–H and O–H groups in total. The van der Waals surface area contributed by atoms with Gasteiger partial charge >= 0.3 is 0 Å². The Balaban J connectivity index is 0.00000392. The molecule has 0 aliphatic rings. The number of rotatable bonds is 8. The Morgan fingerprint density at radius 2 is 1.89 bits per heavy atom. The van der Waals surface area contributed by atoms with Gasteiger partial charge in [-0.2, -0.15) is 0 Å². The van der Waals surface area contributed by atoms with Crippen molar-refractivity contribution in [3.05, 3.63) is 59.0 Å². The lowest BCUT2D eigenvalue weighted by Gasteiger charge is -2.19. The molecule has 0 amide bonds. The van der Waals surface area contributed by atoms with Crippen molar-refractivity contribution < 1.29 is 4.39 Å². The van der Waals surface area contributed by atoms with Gasteiger partial charge in [0, 0.05) is 39.4 Å². The van der Waals surface area contributed by atoms with Crippen LogP contribution in [0.4, 0.5) is 10.2 Å². The van der Waals surface area contributed by atoms with Gasteiger partial charge in [0.1, 0.15) is 11.6 Å². The fourth-order valence-electron chi connectivity index (χ4n) is 2.92. The lowest BCUT2D eigenvalue weighted by Crippen LogP contribution is -2.38. The molecule has 0 spiro atoms. The number of aryl methyl sites for hydroxylation is 1. The molecule has 28 heavy (non-hydrogen) atoms. The van der Waals surface area contributed by atoms with Crippen LogP contribution in [0.25, 0.3) is 0 Å². The molecule has 0 radical (unpaired) electrons. The van der Waals surface area contributed by atoms with Gasteiger partial charge in [0.15, 0.2) is 5.96 Å². The molecule has 1 aromatic carbocycles. The van der Waals surface area contributed by atoms with Crippen LogP contribution in [0.2, 0.25) is 0 Å². The Hall–Kier alpha value is -1.90. The highest BCUT2D eigenvalue weighted by Crippen LogP contribution is 2.11. The van der Waals surface area contributed by atoms with Gasteiger partial charge < -0.3 is 15.5 Å². The summed E-state index contributed by atoms with van der Waals surface area (Å²) in [4.78, 5) is 11.0. The first-order valence-corrected chi connectivity index (χ1v) is 9.46. The van der Waals surface area contributed by atoms with Crippen molar-refractivity contribution in [2.75, 3.05) is 31.6 Å². The summed E-state index contributed by atoms with van der Waals surface area (Å²) in [5, 5.41) is 6.59. The number of pyridine rings is 1. The van der Waals surface area contributed by atoms with Crippen LogP contribution in [0.1, 0.15) is 30.5 Å². The molecule has 154 valence electrons. The average molecular weight is 499 g/mol. The summed E-state index contributed by atoms with van der Waals surface area (Å²) in [5.74, 6) is 1.55. The number of nitrogens with zero attached hydrogens (tertiary/aromatic N) is 3. The smallest absolute Gasteiger partial charge is 0.191 e. The predicted molar refractivity (Wildman–Crippen MR) is 126 cm³/mol. The fraction of sp³-hybridized carbons (Fsp3) is 0.429. The van der Waals surface area contributed by atoms with E-state index < -0.39 is 0 Å². The first kappa shape index (κ1) is 24.1. The number of benzene rings is 1. The number of aliphatic imine (C=N–C) groups is 1. The summed E-state index contributed by atoms with van der Waals surface area (Å²) in [7, 11) is 1.75. The third-order valence-electron chi connectivity index (χ3n) is 4.57. The second-order valence-corrected chi connectivity index (χ2v) is 6.37. The standard InChI is InChI=1S/C21H30FN5.HI/c1-5-27(6-2)20-10-7-17(14-25-20)15-26-21(23-4)24-12-11-18-8-9-19(22)13-16(18)3;/h7-10,13-14H,5-6,11-12,15H2,1-4H3,(H2,23,24,26);1H. The van der Waals surface area contributed by atoms with Gasteiger partial charge in [-0.15, -0.1) is 24.0 Å². The maximum absolute atomic E-state index is 13.2. The maximum Gasteiger partial charge on any atom is 0.191 e. The third-order valence-corrected chi connectivity index (χ3v) is 4.57. The normalized spacial score (nSPS) is 11.0. The molecule has 0 unspecified atom stereocenters. The Labute approximate surface area is 184 Å². The second kappa shape index (κ2) is 12.5. The topological polar surface area (TPSA) is 52.5 Å². The average Bonchev–Trinajstić information content (AvgIpc) is 2.68. The summed E-state index contributed by atoms with van der Waals surface area (Å²) in [6.07, 6.45) is 2.71. The van der Waals surface area contributed by atoms with E-state index in [1.165, 1.54) is 6.07 Å². The van der Waals surface area contributed by atoms with Gasteiger partial charge in [-0.05, 0) is 62.1 Å². The second-order valence-electron chi connectivity index (χ2n) is 6.37. The summed E-state index contributed by atoms with van der Waals surface area (Å²) in [5.41, 5.74) is 3.21. The zero-order valence-corrected chi connectivity index (χ0v) is 19.5. The van der Waals surface area contributed by atoms with Gasteiger partial charge in [0.05, 0.1) is 0 Å². The van der Waals surface area contributed by atoms with Crippen molar-refractivity contribution in [2.45, 2.75) is 33.7 Å². The van der Waals surface area contributed by atoms with Crippen molar-refractivity contribution in [1.29, 1.82) is 0 Å². The highest BCUT2D eigenvalue weighted by Gasteiger charge is 2.04. The van der Waals surface area contributed by atoms with E-state index >= 15 is 0 Å². The minimum Gasteiger partial charge on any atom is -0.357 e. The number of halogens is 2. The summed E-state index contributed by atoms with van der Waals surface area (Å²) >= 11 is 0. The Morgan fingerprint density at radius 3 is 2.46 bits per heavy atom. The van der Waals surface area contributed by atoms with Gasteiger partial charge in [-0.25, -0.2) is 9.37 Å². The van der Waals surface area contributed by atoms with Crippen LogP contribution in [-0.4, -0.2) is 37.6 Å². The predicted octanol–water partition coefficient (Wildman–Crippen LogP) is 3.90. The van der Waals surface area contributed by atoms with Crippen LogP contribution in [-0.2, 0) is 13.0 Å². The van der Waals surface area contributed by atoms with E-state index in [-0.39, 0.29) is 29.8 Å². The molecule has 0 fully saturated rings. The van der Waals surface area contributed by atoms with Crippen LogP contribution in [0.3, 0.4) is 0 Å². The number of anilines is 1. The SMILES string of the molecule is CCN(CC)c1ccc(CNC(=NC)NCCc2ccc(F)cc2C)cn1.I. The fourth-order valence-corrected chi connectivity index (χ4v) is 2.92.